The van der Waals surface area contributed by atoms with E-state index in [1.165, 1.54) is 0 Å². The topological polar surface area (TPSA) is 51.1 Å². The minimum atomic E-state index is -0.0307. The van der Waals surface area contributed by atoms with Gasteiger partial charge in [0.2, 0.25) is 5.91 Å². The number of amides is 1. The molecule has 5 heteroatoms. The quantitative estimate of drug-likeness (QED) is 0.872. The first-order chi connectivity index (χ1) is 9.17. The summed E-state index contributed by atoms with van der Waals surface area (Å²) >= 11 is 5.97. The summed E-state index contributed by atoms with van der Waals surface area (Å²) in [4.78, 5) is 22.9. The predicted molar refractivity (Wildman–Crippen MR) is 73.5 cm³/mol. The molecule has 0 spiro atoms. The fourth-order valence-electron chi connectivity index (χ4n) is 2.17. The van der Waals surface area contributed by atoms with Crippen molar-refractivity contribution in [2.24, 2.45) is 0 Å². The summed E-state index contributed by atoms with van der Waals surface area (Å²) in [6.07, 6.45) is 4.61. The van der Waals surface area contributed by atoms with Crippen LogP contribution in [0.3, 0.4) is 0 Å². The van der Waals surface area contributed by atoms with E-state index >= 15 is 0 Å². The van der Waals surface area contributed by atoms with E-state index in [1.807, 2.05) is 0 Å². The zero-order valence-electron chi connectivity index (χ0n) is 10.2. The number of hydrogen-bond acceptors (Lipinski definition) is 2. The summed E-state index contributed by atoms with van der Waals surface area (Å²) < 4.78 is 1.77. The lowest BCUT2D eigenvalue weighted by Crippen LogP contribution is -2.29. The first-order valence-corrected chi connectivity index (χ1v) is 6.58. The molecule has 1 N–H and O–H groups in total. The van der Waals surface area contributed by atoms with Crippen molar-refractivity contribution in [3.63, 3.8) is 0 Å². The average Bonchev–Trinajstić information content (AvgIpc) is 3.12. The smallest absolute Gasteiger partial charge is 0.240 e. The van der Waals surface area contributed by atoms with Crippen LogP contribution in [0.5, 0.6) is 0 Å². The standard InChI is InChI=1S/C14H13ClN2O2/c15-10-1-4-12-9(8-18)6-17(13(12)5-10)7-14(19)16-11-2-3-11/h1,4-6,8,11H,2-3,7H2,(H,16,19). The molecule has 1 aliphatic rings. The van der Waals surface area contributed by atoms with Crippen LogP contribution in [0.2, 0.25) is 5.02 Å². The maximum Gasteiger partial charge on any atom is 0.240 e. The van der Waals surface area contributed by atoms with E-state index in [0.717, 1.165) is 30.0 Å². The molecule has 19 heavy (non-hydrogen) atoms. The Morgan fingerprint density at radius 1 is 1.47 bits per heavy atom. The molecule has 1 aliphatic carbocycles. The largest absolute Gasteiger partial charge is 0.352 e. The second-order valence-electron chi connectivity index (χ2n) is 4.83. The number of rotatable bonds is 4. The van der Waals surface area contributed by atoms with Gasteiger partial charge in [0.05, 0.1) is 5.52 Å². The number of carbonyl (C=O) groups excluding carboxylic acids is 2. The maximum absolute atomic E-state index is 11.8. The third-order valence-electron chi connectivity index (χ3n) is 3.26. The van der Waals surface area contributed by atoms with E-state index in [2.05, 4.69) is 5.32 Å². The van der Waals surface area contributed by atoms with Crippen LogP contribution in [0.4, 0.5) is 0 Å². The molecule has 4 nitrogen and oxygen atoms in total. The van der Waals surface area contributed by atoms with Crippen molar-refractivity contribution in [3.8, 4) is 0 Å². The van der Waals surface area contributed by atoms with Crippen LogP contribution in [0.25, 0.3) is 10.9 Å². The average molecular weight is 277 g/mol. The lowest BCUT2D eigenvalue weighted by Gasteiger charge is -2.06. The Balaban J connectivity index is 1.94. The molecule has 1 fully saturated rings. The van der Waals surface area contributed by atoms with Gasteiger partial charge in [-0.3, -0.25) is 9.59 Å². The zero-order chi connectivity index (χ0) is 13.4. The number of hydrogen-bond donors (Lipinski definition) is 1. The van der Waals surface area contributed by atoms with Crippen LogP contribution in [0.15, 0.2) is 24.4 Å². The van der Waals surface area contributed by atoms with Crippen molar-refractivity contribution < 1.29 is 9.59 Å². The third-order valence-corrected chi connectivity index (χ3v) is 3.49. The monoisotopic (exact) mass is 276 g/mol. The Kier molecular flexibility index (Phi) is 3.03. The van der Waals surface area contributed by atoms with Gasteiger partial charge in [-0.05, 0) is 25.0 Å². The van der Waals surface area contributed by atoms with E-state index in [-0.39, 0.29) is 12.5 Å². The van der Waals surface area contributed by atoms with E-state index in [9.17, 15) is 9.59 Å². The van der Waals surface area contributed by atoms with Crippen molar-refractivity contribution in [1.29, 1.82) is 0 Å². The van der Waals surface area contributed by atoms with Crippen LogP contribution in [-0.2, 0) is 11.3 Å². The lowest BCUT2D eigenvalue weighted by atomic mass is 10.2. The molecule has 1 heterocycles. The molecule has 3 rings (SSSR count). The van der Waals surface area contributed by atoms with E-state index < -0.39 is 0 Å². The number of nitrogens with one attached hydrogen (secondary N) is 1. The van der Waals surface area contributed by atoms with Crippen molar-refractivity contribution in [2.75, 3.05) is 0 Å². The van der Waals surface area contributed by atoms with Crippen LogP contribution in [0.1, 0.15) is 23.2 Å². The highest BCUT2D eigenvalue weighted by atomic mass is 35.5. The second kappa shape index (κ2) is 4.70. The Bertz CT molecular complexity index is 659. The molecule has 2 aromatic rings. The van der Waals surface area contributed by atoms with Gasteiger partial charge in [0.15, 0.2) is 6.29 Å². The Morgan fingerprint density at radius 3 is 2.95 bits per heavy atom. The van der Waals surface area contributed by atoms with Gasteiger partial charge in [0.1, 0.15) is 6.54 Å². The first-order valence-electron chi connectivity index (χ1n) is 6.20. The van der Waals surface area contributed by atoms with E-state index in [4.69, 9.17) is 11.6 Å². The molecule has 98 valence electrons. The SMILES string of the molecule is O=Cc1cn(CC(=O)NC2CC2)c2cc(Cl)ccc12. The molecule has 1 saturated carbocycles. The highest BCUT2D eigenvalue weighted by molar-refractivity contribution is 6.31. The summed E-state index contributed by atoms with van der Waals surface area (Å²) in [6.45, 7) is 0.210. The van der Waals surface area contributed by atoms with Gasteiger partial charge in [-0.15, -0.1) is 0 Å². The second-order valence-corrected chi connectivity index (χ2v) is 5.27. The molecule has 0 saturated heterocycles. The molecular formula is C14H13ClN2O2. The Morgan fingerprint density at radius 2 is 2.26 bits per heavy atom. The number of benzene rings is 1. The van der Waals surface area contributed by atoms with Gasteiger partial charge in [0, 0.05) is 28.2 Å². The molecule has 1 amide bonds. The van der Waals surface area contributed by atoms with Crippen molar-refractivity contribution in [1.82, 2.24) is 9.88 Å². The first kappa shape index (κ1) is 12.2. The summed E-state index contributed by atoms with van der Waals surface area (Å²) in [5.41, 5.74) is 1.38. The summed E-state index contributed by atoms with van der Waals surface area (Å²) in [5.74, 6) is -0.0307. The van der Waals surface area contributed by atoms with Gasteiger partial charge in [-0.2, -0.15) is 0 Å². The molecule has 0 aliphatic heterocycles. The van der Waals surface area contributed by atoms with Gasteiger partial charge < -0.3 is 9.88 Å². The van der Waals surface area contributed by atoms with Crippen LogP contribution < -0.4 is 5.32 Å². The highest BCUT2D eigenvalue weighted by Gasteiger charge is 2.23. The van der Waals surface area contributed by atoms with Crippen LogP contribution in [0, 0.1) is 0 Å². The number of fused-ring (bicyclic) bond motifs is 1. The molecule has 0 radical (unpaired) electrons. The fraction of sp³-hybridized carbons (Fsp3) is 0.286. The molecule has 0 atom stereocenters. The molecule has 0 bridgehead atoms. The lowest BCUT2D eigenvalue weighted by molar-refractivity contribution is -0.121. The van der Waals surface area contributed by atoms with E-state index in [0.29, 0.717) is 16.6 Å². The number of aldehydes is 1. The van der Waals surface area contributed by atoms with Crippen LogP contribution >= 0.6 is 11.6 Å². The summed E-state index contributed by atoms with van der Waals surface area (Å²) in [7, 11) is 0. The zero-order valence-corrected chi connectivity index (χ0v) is 11.0. The van der Waals surface area contributed by atoms with Gasteiger partial charge in [0.25, 0.3) is 0 Å². The third kappa shape index (κ3) is 2.49. The minimum Gasteiger partial charge on any atom is -0.352 e. The summed E-state index contributed by atoms with van der Waals surface area (Å²) in [5, 5.41) is 4.34. The van der Waals surface area contributed by atoms with Gasteiger partial charge in [-0.25, -0.2) is 0 Å². The van der Waals surface area contributed by atoms with Crippen molar-refractivity contribution >= 4 is 34.7 Å². The molecular weight excluding hydrogens is 264 g/mol. The van der Waals surface area contributed by atoms with Gasteiger partial charge in [-0.1, -0.05) is 17.7 Å². The normalized spacial score (nSPS) is 14.6. The van der Waals surface area contributed by atoms with Gasteiger partial charge >= 0.3 is 0 Å². The highest BCUT2D eigenvalue weighted by Crippen LogP contribution is 2.24. The van der Waals surface area contributed by atoms with Crippen molar-refractivity contribution in [2.45, 2.75) is 25.4 Å². The Hall–Kier alpha value is -1.81. The number of halogens is 1. The predicted octanol–water partition coefficient (Wildman–Crippen LogP) is 2.39. The fourth-order valence-corrected chi connectivity index (χ4v) is 2.34. The Labute approximate surface area is 115 Å². The maximum atomic E-state index is 11.8. The van der Waals surface area contributed by atoms with Crippen LogP contribution in [-0.4, -0.2) is 22.8 Å². The number of aromatic nitrogens is 1. The minimum absolute atomic E-state index is 0.0307. The van der Waals surface area contributed by atoms with E-state index in [1.54, 1.807) is 29.0 Å². The van der Waals surface area contributed by atoms with Crippen molar-refractivity contribution in [3.05, 3.63) is 35.0 Å². The molecule has 1 aromatic heterocycles. The number of carbonyl (C=O) groups is 2. The molecule has 1 aromatic carbocycles. The summed E-state index contributed by atoms with van der Waals surface area (Å²) in [6, 6.07) is 5.65. The number of nitrogens with zero attached hydrogens (tertiary/aromatic N) is 1. The molecule has 0 unspecified atom stereocenters.